The molecule has 0 unspecified atom stereocenters. The minimum Gasteiger partial charge on any atom is -0.241 e. The first kappa shape index (κ1) is 25.4. The zero-order valence-corrected chi connectivity index (χ0v) is 19.4. The molecule has 1 heteroatoms. The maximum atomic E-state index is 2.39. The summed E-state index contributed by atoms with van der Waals surface area (Å²) < 4.78 is 0. The summed E-state index contributed by atoms with van der Waals surface area (Å²) in [6.07, 6.45) is 23.4. The van der Waals surface area contributed by atoms with E-state index in [2.05, 4.69) is 27.7 Å². The molecule has 0 aromatic rings. The fourth-order valence-electron chi connectivity index (χ4n) is 3.92. The molecule has 0 aromatic carbocycles. The van der Waals surface area contributed by atoms with Crippen molar-refractivity contribution in [2.24, 2.45) is 0 Å². The van der Waals surface area contributed by atoms with Crippen molar-refractivity contribution >= 4 is 10.0 Å². The van der Waals surface area contributed by atoms with Crippen molar-refractivity contribution in [2.45, 2.75) is 130 Å². The Morgan fingerprint density at radius 3 is 1.00 bits per heavy atom. The number of hydrogen-bond acceptors (Lipinski definition) is 0. The first-order valence-electron chi connectivity index (χ1n) is 12.0. The highest BCUT2D eigenvalue weighted by atomic mass is 32.3. The molecule has 0 aliphatic rings. The lowest BCUT2D eigenvalue weighted by Gasteiger charge is -2.41. The maximum absolute atomic E-state index is 2.39. The molecule has 0 nitrogen and oxygen atoms in total. The topological polar surface area (TPSA) is 0 Å². The second kappa shape index (κ2) is 19.1. The summed E-state index contributed by atoms with van der Waals surface area (Å²) in [6, 6.07) is 0. The van der Waals surface area contributed by atoms with Gasteiger partial charge in [-0.2, -0.15) is 0 Å². The quantitative estimate of drug-likeness (QED) is 0.187. The Morgan fingerprint density at radius 1 is 0.320 bits per heavy atom. The molecule has 0 N–H and O–H groups in total. The van der Waals surface area contributed by atoms with E-state index in [0.717, 1.165) is 0 Å². The highest BCUT2D eigenvalue weighted by Gasteiger charge is 2.22. The Bertz CT molecular complexity index is 236. The lowest BCUT2D eigenvalue weighted by molar-refractivity contribution is 0.625. The molecule has 0 aromatic heterocycles. The predicted molar refractivity (Wildman–Crippen MR) is 124 cm³/mol. The van der Waals surface area contributed by atoms with Gasteiger partial charge in [-0.1, -0.05) is 105 Å². The van der Waals surface area contributed by atoms with E-state index in [0.29, 0.717) is 0 Å². The lowest BCUT2D eigenvalue weighted by atomic mass is 10.1. The van der Waals surface area contributed by atoms with Gasteiger partial charge in [-0.15, -0.1) is 0 Å². The number of unbranched alkanes of at least 4 members (excludes halogenated alkanes) is 12. The molecule has 0 aliphatic carbocycles. The highest BCUT2D eigenvalue weighted by molar-refractivity contribution is 8.33. The molecule has 154 valence electrons. The zero-order chi connectivity index (χ0) is 18.6. The van der Waals surface area contributed by atoms with Crippen LogP contribution in [0.3, 0.4) is 0 Å². The molecule has 0 radical (unpaired) electrons. The van der Waals surface area contributed by atoms with Gasteiger partial charge >= 0.3 is 0 Å². The average molecular weight is 373 g/mol. The largest absolute Gasteiger partial charge is 0.241 e. The Kier molecular flexibility index (Phi) is 19.4. The Labute approximate surface area is 163 Å². The Balaban J connectivity index is 4.48. The van der Waals surface area contributed by atoms with Crippen LogP contribution in [0.15, 0.2) is 0 Å². The van der Waals surface area contributed by atoms with Crippen LogP contribution < -0.4 is 0 Å². The standard InChI is InChI=1S/C24H52S/c1-5-9-13-16-17-20-24-25(21-12-8-4,22-18-14-10-6-2)23-19-15-11-7-3/h5-24H2,1-4H3. The van der Waals surface area contributed by atoms with Gasteiger partial charge in [0, 0.05) is 0 Å². The van der Waals surface area contributed by atoms with Gasteiger partial charge in [-0.25, -0.2) is 10.0 Å². The third-order valence-electron chi connectivity index (χ3n) is 5.72. The van der Waals surface area contributed by atoms with Gasteiger partial charge < -0.3 is 0 Å². The molecular formula is C24H52S. The molecule has 0 saturated heterocycles. The summed E-state index contributed by atoms with van der Waals surface area (Å²) in [5.74, 6) is 6.41. The van der Waals surface area contributed by atoms with E-state index < -0.39 is 0 Å². The normalized spacial score (nSPS) is 12.6. The molecule has 0 bridgehead atoms. The molecular weight excluding hydrogens is 320 g/mol. The van der Waals surface area contributed by atoms with E-state index in [1.54, 1.807) is 23.0 Å². The number of rotatable bonds is 20. The summed E-state index contributed by atoms with van der Waals surface area (Å²) in [7, 11) is -0.312. The van der Waals surface area contributed by atoms with E-state index in [1.165, 1.54) is 103 Å². The van der Waals surface area contributed by atoms with E-state index >= 15 is 0 Å². The van der Waals surface area contributed by atoms with Gasteiger partial charge in [0.1, 0.15) is 0 Å². The van der Waals surface area contributed by atoms with Crippen LogP contribution in [0, 0.1) is 0 Å². The third kappa shape index (κ3) is 15.1. The van der Waals surface area contributed by atoms with Gasteiger partial charge in [0.15, 0.2) is 0 Å². The van der Waals surface area contributed by atoms with Crippen molar-refractivity contribution in [2.75, 3.05) is 23.0 Å². The molecule has 0 spiro atoms. The third-order valence-corrected chi connectivity index (χ3v) is 10.3. The number of hydrogen-bond donors (Lipinski definition) is 0. The van der Waals surface area contributed by atoms with Crippen molar-refractivity contribution < 1.29 is 0 Å². The second-order valence-corrected chi connectivity index (χ2v) is 12.4. The second-order valence-electron chi connectivity index (χ2n) is 8.28. The summed E-state index contributed by atoms with van der Waals surface area (Å²) in [5, 5.41) is 0. The van der Waals surface area contributed by atoms with Gasteiger partial charge in [-0.3, -0.25) is 0 Å². The smallest absolute Gasteiger partial charge is 0.0228 e. The lowest BCUT2D eigenvalue weighted by Crippen LogP contribution is -2.18. The van der Waals surface area contributed by atoms with E-state index in [9.17, 15) is 0 Å². The first-order chi connectivity index (χ1) is 12.2. The van der Waals surface area contributed by atoms with Gasteiger partial charge in [0.05, 0.1) is 0 Å². The van der Waals surface area contributed by atoms with Crippen molar-refractivity contribution in [1.29, 1.82) is 0 Å². The Morgan fingerprint density at radius 2 is 0.600 bits per heavy atom. The molecule has 0 atom stereocenters. The zero-order valence-electron chi connectivity index (χ0n) is 18.6. The molecule has 0 amide bonds. The van der Waals surface area contributed by atoms with Crippen molar-refractivity contribution in [3.8, 4) is 0 Å². The summed E-state index contributed by atoms with van der Waals surface area (Å²) in [5.41, 5.74) is 0. The average Bonchev–Trinajstić information content (AvgIpc) is 2.63. The Hall–Kier alpha value is 0.350. The fourth-order valence-corrected chi connectivity index (χ4v) is 8.50. The molecule has 0 aliphatic heterocycles. The van der Waals surface area contributed by atoms with Crippen molar-refractivity contribution in [3.63, 3.8) is 0 Å². The maximum Gasteiger partial charge on any atom is -0.0228 e. The van der Waals surface area contributed by atoms with Gasteiger partial charge in [-0.05, 0) is 48.7 Å². The summed E-state index contributed by atoms with van der Waals surface area (Å²) in [4.78, 5) is 0. The van der Waals surface area contributed by atoms with Crippen LogP contribution in [-0.2, 0) is 0 Å². The first-order valence-corrected chi connectivity index (χ1v) is 14.3. The van der Waals surface area contributed by atoms with Crippen LogP contribution >= 0.6 is 10.0 Å². The minimum atomic E-state index is -0.312. The predicted octanol–water partition coefficient (Wildman–Crippen LogP) is 9.11. The van der Waals surface area contributed by atoms with Gasteiger partial charge in [0.2, 0.25) is 0 Å². The molecule has 0 fully saturated rings. The molecule has 0 rings (SSSR count). The molecule has 25 heavy (non-hydrogen) atoms. The van der Waals surface area contributed by atoms with Gasteiger partial charge in [0.25, 0.3) is 0 Å². The van der Waals surface area contributed by atoms with Crippen LogP contribution in [0.2, 0.25) is 0 Å². The summed E-state index contributed by atoms with van der Waals surface area (Å²) in [6.45, 7) is 9.41. The van der Waals surface area contributed by atoms with Crippen molar-refractivity contribution in [3.05, 3.63) is 0 Å². The van der Waals surface area contributed by atoms with Crippen LogP contribution in [-0.4, -0.2) is 23.0 Å². The highest BCUT2D eigenvalue weighted by Crippen LogP contribution is 2.51. The monoisotopic (exact) mass is 372 g/mol. The SMILES string of the molecule is CCCCCCCCS(CCCC)(CCCCCC)CCCCCC. The van der Waals surface area contributed by atoms with E-state index in [4.69, 9.17) is 0 Å². The van der Waals surface area contributed by atoms with Crippen LogP contribution in [0.1, 0.15) is 130 Å². The van der Waals surface area contributed by atoms with E-state index in [-0.39, 0.29) is 10.0 Å². The molecule has 0 saturated carbocycles. The van der Waals surface area contributed by atoms with Crippen LogP contribution in [0.4, 0.5) is 0 Å². The van der Waals surface area contributed by atoms with Crippen LogP contribution in [0.5, 0.6) is 0 Å². The van der Waals surface area contributed by atoms with E-state index in [1.807, 2.05) is 0 Å². The fraction of sp³-hybridized carbons (Fsp3) is 1.00. The van der Waals surface area contributed by atoms with Crippen molar-refractivity contribution in [1.82, 2.24) is 0 Å². The summed E-state index contributed by atoms with van der Waals surface area (Å²) >= 11 is 0. The molecule has 0 heterocycles. The minimum absolute atomic E-state index is 0.312. The van der Waals surface area contributed by atoms with Crippen LogP contribution in [0.25, 0.3) is 0 Å².